The highest BCUT2D eigenvalue weighted by Crippen LogP contribution is 2.40. The lowest BCUT2D eigenvalue weighted by atomic mass is 10.1. The van der Waals surface area contributed by atoms with Gasteiger partial charge < -0.3 is 14.2 Å². The number of hydrogen-bond acceptors (Lipinski definition) is 5. The van der Waals surface area contributed by atoms with Gasteiger partial charge in [0.05, 0.1) is 5.56 Å². The van der Waals surface area contributed by atoms with Gasteiger partial charge in [0.2, 0.25) is 5.82 Å². The maximum absolute atomic E-state index is 13.4. The van der Waals surface area contributed by atoms with Crippen LogP contribution in [0.2, 0.25) is 0 Å². The Labute approximate surface area is 169 Å². The number of alkyl halides is 6. The second-order valence-electron chi connectivity index (χ2n) is 6.57. The second-order valence-corrected chi connectivity index (χ2v) is 6.57. The summed E-state index contributed by atoms with van der Waals surface area (Å²) in [5, 5.41) is 4.52. The molecular weight excluding hydrogens is 430 g/mol. The Hall–Kier alpha value is -3.57. The lowest BCUT2D eigenvalue weighted by molar-refractivity contribution is -0.191. The minimum Gasteiger partial charge on any atom is -0.481 e. The fourth-order valence-corrected chi connectivity index (χ4v) is 2.76. The molecule has 12 heteroatoms. The van der Waals surface area contributed by atoms with Gasteiger partial charge in [0.15, 0.2) is 6.10 Å². The largest absolute Gasteiger partial charge is 0.481 e. The number of fused-ring (bicyclic) bond motifs is 1. The normalized spacial score (nSPS) is 13.5. The Morgan fingerprint density at radius 1 is 1.03 bits per heavy atom. The molecule has 4 rings (SSSR count). The molecule has 0 spiro atoms. The fraction of sp³-hybridized carbons (Fsp3) is 0.211. The number of hydrogen-bond donors (Lipinski definition) is 1. The van der Waals surface area contributed by atoms with E-state index < -0.39 is 29.8 Å². The Morgan fingerprint density at radius 2 is 1.81 bits per heavy atom. The van der Waals surface area contributed by atoms with Crippen LogP contribution in [0.1, 0.15) is 12.5 Å². The molecule has 31 heavy (non-hydrogen) atoms. The zero-order valence-electron chi connectivity index (χ0n) is 15.5. The monoisotopic (exact) mass is 442 g/mol. The van der Waals surface area contributed by atoms with Crippen LogP contribution in [0, 0.1) is 0 Å². The molecule has 0 saturated heterocycles. The zero-order chi connectivity index (χ0) is 22.4. The lowest BCUT2D eigenvalue weighted by Crippen LogP contribution is -2.31. The first-order valence-electron chi connectivity index (χ1n) is 8.74. The second kappa shape index (κ2) is 7.29. The Bertz CT molecular complexity index is 1230. The van der Waals surface area contributed by atoms with E-state index >= 15 is 0 Å². The first-order chi connectivity index (χ1) is 14.5. The van der Waals surface area contributed by atoms with Crippen LogP contribution in [-0.4, -0.2) is 32.4 Å². The molecule has 1 unspecified atom stereocenters. The van der Waals surface area contributed by atoms with Crippen molar-refractivity contribution in [2.75, 3.05) is 0 Å². The van der Waals surface area contributed by atoms with E-state index in [9.17, 15) is 26.3 Å². The molecule has 3 aromatic heterocycles. The van der Waals surface area contributed by atoms with Gasteiger partial charge in [0.25, 0.3) is 5.89 Å². The average molecular weight is 442 g/mol. The van der Waals surface area contributed by atoms with E-state index in [4.69, 9.17) is 4.52 Å². The summed E-state index contributed by atoms with van der Waals surface area (Å²) in [6.45, 7) is 0.619. The summed E-state index contributed by atoms with van der Waals surface area (Å²) in [6, 6.07) is 5.98. The number of ether oxygens (including phenoxy) is 1. The third-order valence-corrected chi connectivity index (χ3v) is 4.38. The van der Waals surface area contributed by atoms with Crippen molar-refractivity contribution in [2.24, 2.45) is 0 Å². The number of nitrogens with zero attached hydrogens (tertiary/aromatic N) is 3. The van der Waals surface area contributed by atoms with Crippen molar-refractivity contribution in [1.82, 2.24) is 20.1 Å². The highest BCUT2D eigenvalue weighted by atomic mass is 19.4. The van der Waals surface area contributed by atoms with Gasteiger partial charge in [-0.05, 0) is 37.3 Å². The van der Waals surface area contributed by atoms with Crippen molar-refractivity contribution in [1.29, 1.82) is 0 Å². The molecule has 0 aliphatic carbocycles. The molecule has 0 aliphatic rings. The molecule has 0 aliphatic heterocycles. The van der Waals surface area contributed by atoms with Gasteiger partial charge in [0, 0.05) is 28.9 Å². The van der Waals surface area contributed by atoms with Crippen LogP contribution in [0.5, 0.6) is 5.75 Å². The maximum atomic E-state index is 13.4. The minimum absolute atomic E-state index is 0.0881. The quantitative estimate of drug-likeness (QED) is 0.415. The number of aromatic nitrogens is 4. The molecule has 0 fully saturated rings. The molecule has 6 nitrogen and oxygen atoms in total. The molecule has 4 aromatic rings. The van der Waals surface area contributed by atoms with Gasteiger partial charge in [-0.15, -0.1) is 0 Å². The number of halogens is 6. The third kappa shape index (κ3) is 4.18. The molecule has 0 saturated carbocycles. The predicted octanol–water partition coefficient (Wildman–Crippen LogP) is 5.63. The molecule has 0 bridgehead atoms. The molecule has 1 N–H and O–H groups in total. The van der Waals surface area contributed by atoms with Crippen LogP contribution in [0.15, 0.2) is 47.2 Å². The third-order valence-electron chi connectivity index (χ3n) is 4.38. The van der Waals surface area contributed by atoms with Gasteiger partial charge in [-0.2, -0.15) is 31.3 Å². The summed E-state index contributed by atoms with van der Waals surface area (Å²) in [5.41, 5.74) is -0.423. The van der Waals surface area contributed by atoms with E-state index in [1.165, 1.54) is 6.20 Å². The zero-order valence-corrected chi connectivity index (χ0v) is 15.5. The summed E-state index contributed by atoms with van der Waals surface area (Å²) in [4.78, 5) is 11.2. The molecule has 3 heterocycles. The first kappa shape index (κ1) is 20.7. The number of aromatic amines is 1. The van der Waals surface area contributed by atoms with Crippen LogP contribution in [-0.2, 0) is 6.18 Å². The summed E-state index contributed by atoms with van der Waals surface area (Å²) < 4.78 is 88.0. The number of pyridine rings is 1. The number of nitrogens with one attached hydrogen (secondary N) is 1. The highest BCUT2D eigenvalue weighted by Gasteiger charge is 2.41. The molecular formula is C19H12F6N4O2. The predicted molar refractivity (Wildman–Crippen MR) is 96.0 cm³/mol. The summed E-state index contributed by atoms with van der Waals surface area (Å²) in [7, 11) is 0. The van der Waals surface area contributed by atoms with Crippen molar-refractivity contribution >= 4 is 11.0 Å². The van der Waals surface area contributed by atoms with E-state index in [1.54, 1.807) is 18.3 Å². The van der Waals surface area contributed by atoms with E-state index in [2.05, 4.69) is 24.8 Å². The summed E-state index contributed by atoms with van der Waals surface area (Å²) >= 11 is 0. The van der Waals surface area contributed by atoms with E-state index in [-0.39, 0.29) is 17.3 Å². The van der Waals surface area contributed by atoms with Gasteiger partial charge in [-0.3, -0.25) is 0 Å². The first-order valence-corrected chi connectivity index (χ1v) is 8.74. The van der Waals surface area contributed by atoms with Gasteiger partial charge in [-0.25, -0.2) is 4.98 Å². The highest BCUT2D eigenvalue weighted by molar-refractivity contribution is 5.80. The van der Waals surface area contributed by atoms with Crippen molar-refractivity contribution in [3.8, 4) is 28.6 Å². The van der Waals surface area contributed by atoms with E-state index in [1.807, 2.05) is 0 Å². The SMILES string of the molecule is CC(Oc1ccc(-c2nc(-c3cnc4[nH]ccc4c3)no2)cc1C(F)(F)F)C(F)(F)F. The van der Waals surface area contributed by atoms with Gasteiger partial charge in [0.1, 0.15) is 11.4 Å². The smallest absolute Gasteiger partial charge is 0.425 e. The minimum atomic E-state index is -4.97. The summed E-state index contributed by atoms with van der Waals surface area (Å²) in [5.74, 6) is -1.11. The lowest BCUT2D eigenvalue weighted by Gasteiger charge is -2.20. The molecule has 1 aromatic carbocycles. The van der Waals surface area contributed by atoms with Crippen LogP contribution in [0.4, 0.5) is 26.3 Å². The Balaban J connectivity index is 1.68. The maximum Gasteiger partial charge on any atom is 0.425 e. The number of benzene rings is 1. The van der Waals surface area contributed by atoms with Crippen LogP contribution >= 0.6 is 0 Å². The fourth-order valence-electron chi connectivity index (χ4n) is 2.76. The number of H-pyrrole nitrogens is 1. The van der Waals surface area contributed by atoms with Crippen molar-refractivity contribution in [2.45, 2.75) is 25.4 Å². The topological polar surface area (TPSA) is 76.8 Å². The van der Waals surface area contributed by atoms with Crippen LogP contribution < -0.4 is 4.74 Å². The molecule has 0 radical (unpaired) electrons. The number of rotatable bonds is 4. The molecule has 1 atom stereocenters. The van der Waals surface area contributed by atoms with Crippen molar-refractivity contribution in [3.63, 3.8) is 0 Å². The molecule has 0 amide bonds. The van der Waals surface area contributed by atoms with Crippen molar-refractivity contribution in [3.05, 3.63) is 48.3 Å². The summed E-state index contributed by atoms with van der Waals surface area (Å²) in [6.07, 6.45) is -9.07. The van der Waals surface area contributed by atoms with Gasteiger partial charge >= 0.3 is 12.4 Å². The standard InChI is InChI=1S/C19H12F6N4O2/c1-9(18(20,21)22)30-14-3-2-11(7-13(14)19(23,24)25)17-28-16(29-31-17)12-6-10-4-5-26-15(10)27-8-12/h2-9H,1H3,(H,26,27). The van der Waals surface area contributed by atoms with Crippen molar-refractivity contribution < 1.29 is 35.6 Å². The van der Waals surface area contributed by atoms with E-state index in [0.29, 0.717) is 24.2 Å². The Kier molecular flexibility index (Phi) is 4.86. The van der Waals surface area contributed by atoms with E-state index in [0.717, 1.165) is 17.5 Å². The van der Waals surface area contributed by atoms with Crippen LogP contribution in [0.3, 0.4) is 0 Å². The Morgan fingerprint density at radius 3 is 2.52 bits per heavy atom. The average Bonchev–Trinajstić information content (AvgIpc) is 3.35. The molecule has 162 valence electrons. The van der Waals surface area contributed by atoms with Crippen LogP contribution in [0.25, 0.3) is 33.9 Å². The van der Waals surface area contributed by atoms with Gasteiger partial charge in [-0.1, -0.05) is 5.16 Å².